The third kappa shape index (κ3) is 3.10. The van der Waals surface area contributed by atoms with Crippen molar-refractivity contribution in [1.29, 1.82) is 0 Å². The minimum Gasteiger partial charge on any atom is -0.375 e. The summed E-state index contributed by atoms with van der Waals surface area (Å²) in [5.41, 5.74) is -0.0506. The highest BCUT2D eigenvalue weighted by Crippen LogP contribution is 2.42. The molecule has 124 valence electrons. The molecule has 1 aliphatic rings. The van der Waals surface area contributed by atoms with E-state index in [1.54, 1.807) is 30.3 Å². The van der Waals surface area contributed by atoms with Crippen LogP contribution in [-0.2, 0) is 15.2 Å². The van der Waals surface area contributed by atoms with E-state index in [1.165, 1.54) is 11.0 Å². The van der Waals surface area contributed by atoms with Crippen molar-refractivity contribution in [1.82, 2.24) is 0 Å². The molecule has 1 N–H and O–H groups in total. The molecule has 4 nitrogen and oxygen atoms in total. The first-order valence-corrected chi connectivity index (χ1v) is 7.89. The molecule has 0 unspecified atom stereocenters. The SMILES string of the molecule is C#CCN1C(=O)[C@@](O)(CC(=O)/C=C\c2ccccc2)c2ccccc21. The number of terminal acetylenes is 1. The highest BCUT2D eigenvalue weighted by atomic mass is 16.3. The van der Waals surface area contributed by atoms with Gasteiger partial charge in [-0.25, -0.2) is 0 Å². The lowest BCUT2D eigenvalue weighted by molar-refractivity contribution is -0.140. The second-order valence-corrected chi connectivity index (χ2v) is 5.86. The molecule has 0 radical (unpaired) electrons. The Bertz CT molecular complexity index is 880. The number of benzene rings is 2. The van der Waals surface area contributed by atoms with E-state index in [0.717, 1.165) is 5.56 Å². The Balaban J connectivity index is 1.86. The number of carbonyl (C=O) groups excluding carboxylic acids is 2. The van der Waals surface area contributed by atoms with E-state index < -0.39 is 11.5 Å². The molecule has 0 aliphatic carbocycles. The molecule has 3 rings (SSSR count). The van der Waals surface area contributed by atoms with Gasteiger partial charge in [0.2, 0.25) is 0 Å². The lowest BCUT2D eigenvalue weighted by Crippen LogP contribution is -2.41. The molecule has 25 heavy (non-hydrogen) atoms. The molecule has 0 saturated heterocycles. The molecule has 2 aromatic rings. The van der Waals surface area contributed by atoms with Gasteiger partial charge in [0.25, 0.3) is 5.91 Å². The first-order chi connectivity index (χ1) is 12.1. The minimum atomic E-state index is -1.88. The van der Waals surface area contributed by atoms with Crippen LogP contribution in [0.15, 0.2) is 60.7 Å². The summed E-state index contributed by atoms with van der Waals surface area (Å²) in [6.45, 7) is 0.0478. The van der Waals surface area contributed by atoms with Crippen LogP contribution < -0.4 is 4.90 Å². The van der Waals surface area contributed by atoms with Crippen LogP contribution in [0, 0.1) is 12.3 Å². The van der Waals surface area contributed by atoms with Crippen LogP contribution in [0.25, 0.3) is 6.08 Å². The van der Waals surface area contributed by atoms with Crippen LogP contribution in [0.2, 0.25) is 0 Å². The monoisotopic (exact) mass is 331 g/mol. The zero-order valence-electron chi connectivity index (χ0n) is 13.6. The minimum absolute atomic E-state index is 0.0478. The number of rotatable bonds is 5. The van der Waals surface area contributed by atoms with Gasteiger partial charge in [0, 0.05) is 5.56 Å². The molecule has 1 amide bonds. The number of nitrogens with zero attached hydrogens (tertiary/aromatic N) is 1. The van der Waals surface area contributed by atoms with Gasteiger partial charge >= 0.3 is 0 Å². The highest BCUT2D eigenvalue weighted by Gasteiger charge is 2.50. The van der Waals surface area contributed by atoms with E-state index in [2.05, 4.69) is 5.92 Å². The molecule has 0 saturated carbocycles. The Hall–Kier alpha value is -3.16. The number of hydrogen-bond donors (Lipinski definition) is 1. The van der Waals surface area contributed by atoms with Gasteiger partial charge in [0.05, 0.1) is 18.7 Å². The Morgan fingerprint density at radius 1 is 1.16 bits per heavy atom. The average Bonchev–Trinajstić information content (AvgIpc) is 2.83. The van der Waals surface area contributed by atoms with Crippen LogP contribution in [-0.4, -0.2) is 23.3 Å². The molecular formula is C21H17NO3. The Morgan fingerprint density at radius 3 is 2.56 bits per heavy atom. The summed E-state index contributed by atoms with van der Waals surface area (Å²) in [6, 6.07) is 16.2. The van der Waals surface area contributed by atoms with Crippen LogP contribution >= 0.6 is 0 Å². The van der Waals surface area contributed by atoms with E-state index in [4.69, 9.17) is 6.42 Å². The molecule has 0 aromatic heterocycles. The topological polar surface area (TPSA) is 57.6 Å². The van der Waals surface area contributed by atoms with Crippen LogP contribution in [0.3, 0.4) is 0 Å². The molecule has 0 fully saturated rings. The van der Waals surface area contributed by atoms with Crippen LogP contribution in [0.5, 0.6) is 0 Å². The maximum atomic E-state index is 12.7. The second-order valence-electron chi connectivity index (χ2n) is 5.86. The largest absolute Gasteiger partial charge is 0.375 e. The van der Waals surface area contributed by atoms with Crippen molar-refractivity contribution in [2.24, 2.45) is 0 Å². The number of fused-ring (bicyclic) bond motifs is 1. The van der Waals surface area contributed by atoms with Crippen molar-refractivity contribution in [2.75, 3.05) is 11.4 Å². The zero-order valence-corrected chi connectivity index (χ0v) is 13.6. The van der Waals surface area contributed by atoms with E-state index in [9.17, 15) is 14.7 Å². The van der Waals surface area contributed by atoms with Gasteiger partial charge in [-0.3, -0.25) is 14.5 Å². The van der Waals surface area contributed by atoms with Crippen LogP contribution in [0.4, 0.5) is 5.69 Å². The van der Waals surface area contributed by atoms with Gasteiger partial charge in [-0.1, -0.05) is 60.5 Å². The molecule has 0 spiro atoms. The Kier molecular flexibility index (Phi) is 4.51. The van der Waals surface area contributed by atoms with Gasteiger partial charge in [0.1, 0.15) is 0 Å². The van der Waals surface area contributed by atoms with Crippen molar-refractivity contribution >= 4 is 23.5 Å². The molecule has 4 heteroatoms. The smallest absolute Gasteiger partial charge is 0.265 e. The predicted octanol–water partition coefficient (Wildman–Crippen LogP) is 2.53. The van der Waals surface area contributed by atoms with E-state index in [-0.39, 0.29) is 18.7 Å². The average molecular weight is 331 g/mol. The number of anilines is 1. The van der Waals surface area contributed by atoms with Gasteiger partial charge in [-0.05, 0) is 17.7 Å². The first kappa shape index (κ1) is 16.7. The normalized spacial score (nSPS) is 19.0. The van der Waals surface area contributed by atoms with Gasteiger partial charge < -0.3 is 5.11 Å². The molecule has 1 aliphatic heterocycles. The molecule has 0 bridgehead atoms. The van der Waals surface area contributed by atoms with Crippen molar-refractivity contribution in [3.63, 3.8) is 0 Å². The van der Waals surface area contributed by atoms with Crippen molar-refractivity contribution in [3.05, 3.63) is 71.8 Å². The molecule has 2 aromatic carbocycles. The number of aliphatic hydroxyl groups is 1. The van der Waals surface area contributed by atoms with E-state index >= 15 is 0 Å². The third-order valence-electron chi connectivity index (χ3n) is 4.18. The van der Waals surface area contributed by atoms with E-state index in [1.807, 2.05) is 30.3 Å². The fourth-order valence-electron chi connectivity index (χ4n) is 2.99. The lowest BCUT2D eigenvalue weighted by Gasteiger charge is -2.21. The fraction of sp³-hybridized carbons (Fsp3) is 0.143. The molecular weight excluding hydrogens is 314 g/mol. The van der Waals surface area contributed by atoms with Gasteiger partial charge in [0.15, 0.2) is 11.4 Å². The Labute approximate surface area is 146 Å². The number of ketones is 1. The number of hydrogen-bond acceptors (Lipinski definition) is 3. The molecule has 1 heterocycles. The number of allylic oxidation sites excluding steroid dienone is 1. The second kappa shape index (κ2) is 6.76. The molecule has 1 atom stereocenters. The van der Waals surface area contributed by atoms with Crippen LogP contribution in [0.1, 0.15) is 17.5 Å². The summed E-state index contributed by atoms with van der Waals surface area (Å²) >= 11 is 0. The maximum Gasteiger partial charge on any atom is 0.265 e. The van der Waals surface area contributed by atoms with Crippen molar-refractivity contribution in [2.45, 2.75) is 12.0 Å². The van der Waals surface area contributed by atoms with Gasteiger partial charge in [-0.15, -0.1) is 6.42 Å². The first-order valence-electron chi connectivity index (χ1n) is 7.89. The number of para-hydroxylation sites is 1. The van der Waals surface area contributed by atoms with Crippen molar-refractivity contribution < 1.29 is 14.7 Å². The summed E-state index contributed by atoms with van der Waals surface area (Å²) in [7, 11) is 0. The standard InChI is InChI=1S/C21H17NO3/c1-2-14-22-19-11-7-6-10-18(19)21(25,20(22)24)15-17(23)13-12-16-8-4-3-5-9-16/h1,3-13,25H,14-15H2/b13-12-/t21-/m1/s1. The predicted molar refractivity (Wildman–Crippen MR) is 96.6 cm³/mol. The summed E-state index contributed by atoms with van der Waals surface area (Å²) < 4.78 is 0. The van der Waals surface area contributed by atoms with E-state index in [0.29, 0.717) is 11.3 Å². The summed E-state index contributed by atoms with van der Waals surface area (Å²) in [6.07, 6.45) is 8.04. The van der Waals surface area contributed by atoms with Gasteiger partial charge in [-0.2, -0.15) is 0 Å². The summed E-state index contributed by atoms with van der Waals surface area (Å²) in [4.78, 5) is 26.4. The third-order valence-corrected chi connectivity index (χ3v) is 4.18. The zero-order chi connectivity index (χ0) is 17.9. The number of carbonyl (C=O) groups is 2. The quantitative estimate of drug-likeness (QED) is 0.676. The number of amides is 1. The lowest BCUT2D eigenvalue weighted by atomic mass is 9.90. The fourth-order valence-corrected chi connectivity index (χ4v) is 2.99. The maximum absolute atomic E-state index is 12.7. The summed E-state index contributed by atoms with van der Waals surface area (Å²) in [5.74, 6) is 1.52. The summed E-state index contributed by atoms with van der Waals surface area (Å²) in [5, 5.41) is 11.0. The Morgan fingerprint density at radius 2 is 1.84 bits per heavy atom. The van der Waals surface area contributed by atoms with Crippen molar-refractivity contribution in [3.8, 4) is 12.3 Å². The highest BCUT2D eigenvalue weighted by molar-refractivity contribution is 6.10.